The molecule has 0 heterocycles. The summed E-state index contributed by atoms with van der Waals surface area (Å²) in [5, 5.41) is 12.6. The van der Waals surface area contributed by atoms with Crippen molar-refractivity contribution < 1.29 is 9.90 Å². The largest absolute Gasteiger partial charge is 0.480 e. The number of carboxylic acids is 1. The first-order valence-electron chi connectivity index (χ1n) is 6.69. The van der Waals surface area contributed by atoms with E-state index in [1.165, 1.54) is 25.7 Å². The van der Waals surface area contributed by atoms with Gasteiger partial charge in [-0.25, -0.2) is 0 Å². The number of nitrogens with one attached hydrogen (secondary N) is 1. The lowest BCUT2D eigenvalue weighted by atomic mass is 9.84. The molecule has 0 bridgehead atoms. The zero-order valence-electron chi connectivity index (χ0n) is 10.1. The molecular formula is C13H23NO2. The van der Waals surface area contributed by atoms with Gasteiger partial charge >= 0.3 is 5.97 Å². The molecule has 3 heteroatoms. The molecule has 16 heavy (non-hydrogen) atoms. The molecule has 0 aliphatic heterocycles. The zero-order valence-corrected chi connectivity index (χ0v) is 10.1. The Bertz CT molecular complexity index is 250. The Morgan fingerprint density at radius 3 is 2.69 bits per heavy atom. The lowest BCUT2D eigenvalue weighted by Gasteiger charge is -2.31. The molecule has 2 saturated carbocycles. The van der Waals surface area contributed by atoms with Gasteiger partial charge in [-0.2, -0.15) is 0 Å². The minimum Gasteiger partial charge on any atom is -0.480 e. The van der Waals surface area contributed by atoms with Gasteiger partial charge in [0.25, 0.3) is 0 Å². The summed E-state index contributed by atoms with van der Waals surface area (Å²) in [4.78, 5) is 11.1. The van der Waals surface area contributed by atoms with E-state index in [1.807, 2.05) is 0 Å². The third-order valence-corrected chi connectivity index (χ3v) is 4.13. The predicted octanol–water partition coefficient (Wildman–Crippen LogP) is 2.41. The number of carbonyl (C=O) groups is 1. The molecule has 0 amide bonds. The number of hydrogen-bond acceptors (Lipinski definition) is 2. The average Bonchev–Trinajstić information content (AvgIpc) is 3.10. The topological polar surface area (TPSA) is 49.3 Å². The maximum Gasteiger partial charge on any atom is 0.320 e. The van der Waals surface area contributed by atoms with Crippen LogP contribution in [0.5, 0.6) is 0 Å². The van der Waals surface area contributed by atoms with E-state index in [0.717, 1.165) is 25.2 Å². The van der Waals surface area contributed by atoms with Crippen molar-refractivity contribution in [2.75, 3.05) is 0 Å². The fourth-order valence-electron chi connectivity index (χ4n) is 2.91. The van der Waals surface area contributed by atoms with Crippen LogP contribution in [0.15, 0.2) is 0 Å². The molecule has 3 nitrogen and oxygen atoms in total. The van der Waals surface area contributed by atoms with Crippen molar-refractivity contribution in [3.8, 4) is 0 Å². The van der Waals surface area contributed by atoms with Crippen molar-refractivity contribution in [1.82, 2.24) is 5.32 Å². The molecule has 2 aliphatic carbocycles. The van der Waals surface area contributed by atoms with Gasteiger partial charge in [0.15, 0.2) is 0 Å². The first-order chi connectivity index (χ1) is 7.70. The Labute approximate surface area is 97.6 Å². The van der Waals surface area contributed by atoms with Gasteiger partial charge in [0.1, 0.15) is 6.04 Å². The maximum atomic E-state index is 11.1. The van der Waals surface area contributed by atoms with E-state index in [-0.39, 0.29) is 6.04 Å². The summed E-state index contributed by atoms with van der Waals surface area (Å²) in [5.74, 6) is 0.556. The normalized spacial score (nSPS) is 32.3. The molecule has 92 valence electrons. The third-order valence-electron chi connectivity index (χ3n) is 4.13. The first kappa shape index (κ1) is 11.9. The highest BCUT2D eigenvalue weighted by Crippen LogP contribution is 2.34. The summed E-state index contributed by atoms with van der Waals surface area (Å²) >= 11 is 0. The van der Waals surface area contributed by atoms with Gasteiger partial charge in [-0.05, 0) is 37.5 Å². The van der Waals surface area contributed by atoms with Crippen LogP contribution in [0.25, 0.3) is 0 Å². The van der Waals surface area contributed by atoms with Crippen molar-refractivity contribution in [2.24, 2.45) is 11.8 Å². The summed E-state index contributed by atoms with van der Waals surface area (Å²) in [7, 11) is 0. The molecule has 2 aliphatic rings. The number of carboxylic acid groups (broad SMARTS) is 1. The number of rotatable bonds is 5. The van der Waals surface area contributed by atoms with E-state index < -0.39 is 5.97 Å². The molecule has 0 spiro atoms. The van der Waals surface area contributed by atoms with Crippen LogP contribution in [0.2, 0.25) is 0 Å². The Kier molecular flexibility index (Phi) is 3.85. The molecule has 0 aromatic heterocycles. The van der Waals surface area contributed by atoms with E-state index >= 15 is 0 Å². The minimum atomic E-state index is -0.652. The molecular weight excluding hydrogens is 202 g/mol. The second-order valence-electron chi connectivity index (χ2n) is 5.46. The van der Waals surface area contributed by atoms with Crippen molar-refractivity contribution >= 4 is 5.97 Å². The van der Waals surface area contributed by atoms with E-state index in [9.17, 15) is 9.90 Å². The van der Waals surface area contributed by atoms with Crippen molar-refractivity contribution in [2.45, 2.75) is 64.0 Å². The second kappa shape index (κ2) is 5.17. The summed E-state index contributed by atoms with van der Waals surface area (Å²) < 4.78 is 0. The van der Waals surface area contributed by atoms with E-state index in [4.69, 9.17) is 0 Å². The summed E-state index contributed by atoms with van der Waals surface area (Å²) in [6, 6.07) is 0.168. The van der Waals surface area contributed by atoms with Crippen molar-refractivity contribution in [3.63, 3.8) is 0 Å². The van der Waals surface area contributed by atoms with Gasteiger partial charge in [-0.15, -0.1) is 0 Å². The van der Waals surface area contributed by atoms with Gasteiger partial charge in [0, 0.05) is 6.04 Å². The monoisotopic (exact) mass is 225 g/mol. The van der Waals surface area contributed by atoms with Gasteiger partial charge < -0.3 is 10.4 Å². The van der Waals surface area contributed by atoms with Crippen LogP contribution >= 0.6 is 0 Å². The van der Waals surface area contributed by atoms with Crippen molar-refractivity contribution in [1.29, 1.82) is 0 Å². The van der Waals surface area contributed by atoms with Crippen LogP contribution in [-0.4, -0.2) is 23.2 Å². The lowest BCUT2D eigenvalue weighted by Crippen LogP contribution is -2.46. The highest BCUT2D eigenvalue weighted by molar-refractivity contribution is 5.74. The van der Waals surface area contributed by atoms with E-state index in [1.54, 1.807) is 0 Å². The second-order valence-corrected chi connectivity index (χ2v) is 5.46. The molecule has 3 atom stereocenters. The van der Waals surface area contributed by atoms with Crippen LogP contribution in [0.3, 0.4) is 0 Å². The molecule has 0 radical (unpaired) electrons. The molecule has 0 aromatic carbocycles. The van der Waals surface area contributed by atoms with Crippen molar-refractivity contribution in [3.05, 3.63) is 0 Å². The number of aliphatic carboxylic acids is 1. The summed E-state index contributed by atoms with van der Waals surface area (Å²) in [6.07, 6.45) is 8.34. The molecule has 2 rings (SSSR count). The zero-order chi connectivity index (χ0) is 11.5. The fraction of sp³-hybridized carbons (Fsp3) is 0.923. The quantitative estimate of drug-likeness (QED) is 0.755. The Morgan fingerprint density at radius 1 is 1.38 bits per heavy atom. The van der Waals surface area contributed by atoms with Crippen LogP contribution in [0.4, 0.5) is 0 Å². The van der Waals surface area contributed by atoms with E-state index in [2.05, 4.69) is 12.2 Å². The molecule has 0 saturated heterocycles. The fourth-order valence-corrected chi connectivity index (χ4v) is 2.91. The predicted molar refractivity (Wildman–Crippen MR) is 63.3 cm³/mol. The molecule has 3 unspecified atom stereocenters. The highest BCUT2D eigenvalue weighted by Gasteiger charge is 2.37. The number of hydrogen-bond donors (Lipinski definition) is 2. The first-order valence-corrected chi connectivity index (χ1v) is 6.69. The van der Waals surface area contributed by atoms with Gasteiger partial charge in [0.2, 0.25) is 0 Å². The van der Waals surface area contributed by atoms with Crippen LogP contribution < -0.4 is 5.32 Å². The van der Waals surface area contributed by atoms with Crippen LogP contribution in [0.1, 0.15) is 51.9 Å². The molecule has 2 N–H and O–H groups in total. The van der Waals surface area contributed by atoms with Gasteiger partial charge in [0.05, 0.1) is 0 Å². The Morgan fingerprint density at radius 2 is 2.12 bits per heavy atom. The SMILES string of the molecule is CCC1CCCC(NC(C(=O)O)C2CC2)C1. The summed E-state index contributed by atoms with van der Waals surface area (Å²) in [6.45, 7) is 2.24. The standard InChI is InChI=1S/C13H23NO2/c1-2-9-4-3-5-11(8-9)14-12(13(15)16)10-6-7-10/h9-12,14H,2-8H2,1H3,(H,15,16). The third kappa shape index (κ3) is 2.97. The van der Waals surface area contributed by atoms with Gasteiger partial charge in [-0.3, -0.25) is 4.79 Å². The average molecular weight is 225 g/mol. The highest BCUT2D eigenvalue weighted by atomic mass is 16.4. The van der Waals surface area contributed by atoms with Crippen LogP contribution in [-0.2, 0) is 4.79 Å². The van der Waals surface area contributed by atoms with Gasteiger partial charge in [-0.1, -0.05) is 26.2 Å². The smallest absolute Gasteiger partial charge is 0.320 e. The Hall–Kier alpha value is -0.570. The maximum absolute atomic E-state index is 11.1. The van der Waals surface area contributed by atoms with Crippen LogP contribution in [0, 0.1) is 11.8 Å². The molecule has 0 aromatic rings. The molecule has 2 fully saturated rings. The van der Waals surface area contributed by atoms with E-state index in [0.29, 0.717) is 12.0 Å². The minimum absolute atomic E-state index is 0.277. The Balaban J connectivity index is 1.84. The lowest BCUT2D eigenvalue weighted by molar-refractivity contribution is -0.140. The summed E-state index contributed by atoms with van der Waals surface area (Å²) in [5.41, 5.74) is 0.